The molecule has 8 heteroatoms. The summed E-state index contributed by atoms with van der Waals surface area (Å²) >= 11 is 0. The maximum Gasteiger partial charge on any atom is 0.270 e. The first-order valence-electron chi connectivity index (χ1n) is 8.00. The van der Waals surface area contributed by atoms with Crippen molar-refractivity contribution in [2.75, 3.05) is 23.4 Å². The normalized spacial score (nSPS) is 19.5. The zero-order chi connectivity index (χ0) is 16.9. The first-order chi connectivity index (χ1) is 10.9. The third kappa shape index (κ3) is 5.46. The van der Waals surface area contributed by atoms with Crippen molar-refractivity contribution in [1.29, 1.82) is 0 Å². The van der Waals surface area contributed by atoms with Gasteiger partial charge in [-0.2, -0.15) is 0 Å². The van der Waals surface area contributed by atoms with Crippen LogP contribution in [-0.2, 0) is 9.84 Å². The summed E-state index contributed by atoms with van der Waals surface area (Å²) in [4.78, 5) is 20.8. The summed E-state index contributed by atoms with van der Waals surface area (Å²) in [5.41, 5.74) is 0.960. The summed E-state index contributed by atoms with van der Waals surface area (Å²) in [5, 5.41) is 5.87. The number of unbranched alkanes of at least 4 members (excludes halogenated alkanes) is 2. The highest BCUT2D eigenvalue weighted by Gasteiger charge is 2.29. The Morgan fingerprint density at radius 3 is 2.78 bits per heavy atom. The van der Waals surface area contributed by atoms with E-state index in [2.05, 4.69) is 27.5 Å². The summed E-state index contributed by atoms with van der Waals surface area (Å²) < 4.78 is 22.9. The lowest BCUT2D eigenvalue weighted by Crippen LogP contribution is -2.36. The number of anilines is 1. The summed E-state index contributed by atoms with van der Waals surface area (Å²) in [6, 6.07) is 1.28. The van der Waals surface area contributed by atoms with Crippen LogP contribution in [0, 0.1) is 6.92 Å². The maximum atomic E-state index is 12.3. The fraction of sp³-hybridized carbons (Fsp3) is 0.667. The largest absolute Gasteiger partial charge is 0.354 e. The summed E-state index contributed by atoms with van der Waals surface area (Å²) in [6.07, 6.45) is 3.74. The standard InChI is InChI=1S/C15H24N4O3S/c1-3-4-5-7-16-15-17-11(2)9-13(19-15)14(20)18-12-6-8-23(21,22)10-12/h9,12H,3-8,10H2,1-2H3,(H,18,20)(H,16,17,19). The topological polar surface area (TPSA) is 101 Å². The molecule has 0 spiro atoms. The van der Waals surface area contributed by atoms with Crippen molar-refractivity contribution < 1.29 is 13.2 Å². The van der Waals surface area contributed by atoms with E-state index in [-0.39, 0.29) is 29.1 Å². The maximum absolute atomic E-state index is 12.3. The number of sulfone groups is 1. The monoisotopic (exact) mass is 340 g/mol. The minimum Gasteiger partial charge on any atom is -0.354 e. The van der Waals surface area contributed by atoms with Crippen molar-refractivity contribution in [3.63, 3.8) is 0 Å². The van der Waals surface area contributed by atoms with Crippen LogP contribution in [0.1, 0.15) is 48.8 Å². The summed E-state index contributed by atoms with van der Waals surface area (Å²) in [5.74, 6) is 0.218. The Morgan fingerprint density at radius 1 is 1.35 bits per heavy atom. The molecule has 1 saturated heterocycles. The molecule has 2 heterocycles. The third-order valence-corrected chi connectivity index (χ3v) is 5.49. The van der Waals surface area contributed by atoms with Crippen molar-refractivity contribution in [2.45, 2.75) is 45.6 Å². The SMILES string of the molecule is CCCCCNc1nc(C)cc(C(=O)NC2CCS(=O)(=O)C2)n1. The lowest BCUT2D eigenvalue weighted by molar-refractivity contribution is 0.0936. The molecule has 0 radical (unpaired) electrons. The Morgan fingerprint density at radius 2 is 2.13 bits per heavy atom. The van der Waals surface area contributed by atoms with Gasteiger partial charge in [0.05, 0.1) is 11.5 Å². The quantitative estimate of drug-likeness (QED) is 0.726. The average Bonchev–Trinajstić information content (AvgIpc) is 2.82. The van der Waals surface area contributed by atoms with E-state index in [1.165, 1.54) is 0 Å². The fourth-order valence-corrected chi connectivity index (χ4v) is 4.18. The molecule has 0 aliphatic carbocycles. The first kappa shape index (κ1) is 17.7. The predicted octanol–water partition coefficient (Wildman–Crippen LogP) is 1.30. The second kappa shape index (κ2) is 7.72. The Labute approximate surface area is 137 Å². The zero-order valence-corrected chi connectivity index (χ0v) is 14.4. The van der Waals surface area contributed by atoms with Gasteiger partial charge in [0.2, 0.25) is 5.95 Å². The zero-order valence-electron chi connectivity index (χ0n) is 13.6. The highest BCUT2D eigenvalue weighted by Crippen LogP contribution is 2.12. The fourth-order valence-electron chi connectivity index (χ4n) is 2.51. The molecule has 1 aliphatic heterocycles. The number of rotatable bonds is 7. The lowest BCUT2D eigenvalue weighted by Gasteiger charge is -2.12. The van der Waals surface area contributed by atoms with Gasteiger partial charge >= 0.3 is 0 Å². The number of aromatic nitrogens is 2. The van der Waals surface area contributed by atoms with E-state index in [0.717, 1.165) is 25.8 Å². The van der Waals surface area contributed by atoms with E-state index >= 15 is 0 Å². The highest BCUT2D eigenvalue weighted by molar-refractivity contribution is 7.91. The molecule has 1 aliphatic rings. The van der Waals surface area contributed by atoms with Crippen LogP contribution in [0.2, 0.25) is 0 Å². The van der Waals surface area contributed by atoms with Crippen LogP contribution >= 0.6 is 0 Å². The smallest absolute Gasteiger partial charge is 0.270 e. The molecule has 1 unspecified atom stereocenters. The second-order valence-corrected chi connectivity index (χ2v) is 8.15. The molecular weight excluding hydrogens is 316 g/mol. The number of nitrogens with zero attached hydrogens (tertiary/aromatic N) is 2. The van der Waals surface area contributed by atoms with E-state index in [1.807, 2.05) is 0 Å². The van der Waals surface area contributed by atoms with Gasteiger partial charge in [0.15, 0.2) is 9.84 Å². The van der Waals surface area contributed by atoms with E-state index < -0.39 is 9.84 Å². The van der Waals surface area contributed by atoms with E-state index in [1.54, 1.807) is 13.0 Å². The predicted molar refractivity (Wildman–Crippen MR) is 89.3 cm³/mol. The number of amides is 1. The van der Waals surface area contributed by atoms with E-state index in [0.29, 0.717) is 18.1 Å². The molecule has 2 N–H and O–H groups in total. The van der Waals surface area contributed by atoms with Gasteiger partial charge in [0.1, 0.15) is 5.69 Å². The number of hydrogen-bond donors (Lipinski definition) is 2. The van der Waals surface area contributed by atoms with Crippen LogP contribution in [0.4, 0.5) is 5.95 Å². The Hall–Kier alpha value is -1.70. The Bertz CT molecular complexity index is 661. The average molecular weight is 340 g/mol. The van der Waals surface area contributed by atoms with Gasteiger partial charge in [-0.05, 0) is 25.8 Å². The third-order valence-electron chi connectivity index (χ3n) is 3.72. The Balaban J connectivity index is 1.98. The first-order valence-corrected chi connectivity index (χ1v) is 9.82. The molecule has 23 heavy (non-hydrogen) atoms. The van der Waals surface area contributed by atoms with Crippen LogP contribution in [0.15, 0.2) is 6.07 Å². The molecule has 1 aromatic heterocycles. The number of carbonyl (C=O) groups is 1. The molecule has 1 aromatic rings. The number of nitrogens with one attached hydrogen (secondary N) is 2. The van der Waals surface area contributed by atoms with Crippen molar-refractivity contribution in [3.05, 3.63) is 17.5 Å². The van der Waals surface area contributed by atoms with Crippen molar-refractivity contribution in [2.24, 2.45) is 0 Å². The molecule has 2 rings (SSSR count). The van der Waals surface area contributed by atoms with Gasteiger partial charge in [0, 0.05) is 18.3 Å². The van der Waals surface area contributed by atoms with Gasteiger partial charge in [-0.3, -0.25) is 4.79 Å². The molecule has 1 fully saturated rings. The highest BCUT2D eigenvalue weighted by atomic mass is 32.2. The molecule has 1 amide bonds. The van der Waals surface area contributed by atoms with E-state index in [4.69, 9.17) is 0 Å². The van der Waals surface area contributed by atoms with Crippen molar-refractivity contribution in [1.82, 2.24) is 15.3 Å². The molecule has 7 nitrogen and oxygen atoms in total. The van der Waals surface area contributed by atoms with Gasteiger partial charge in [0.25, 0.3) is 5.91 Å². The van der Waals surface area contributed by atoms with Crippen LogP contribution in [0.3, 0.4) is 0 Å². The number of aryl methyl sites for hydroxylation is 1. The van der Waals surface area contributed by atoms with Gasteiger partial charge in [-0.25, -0.2) is 18.4 Å². The van der Waals surface area contributed by atoms with Gasteiger partial charge < -0.3 is 10.6 Å². The van der Waals surface area contributed by atoms with Crippen molar-refractivity contribution in [3.8, 4) is 0 Å². The van der Waals surface area contributed by atoms with Gasteiger partial charge in [-0.15, -0.1) is 0 Å². The summed E-state index contributed by atoms with van der Waals surface area (Å²) in [6.45, 7) is 4.70. The number of carbonyl (C=O) groups excluding carboxylic acids is 1. The van der Waals surface area contributed by atoms with Crippen LogP contribution in [-0.4, -0.2) is 48.4 Å². The molecule has 0 saturated carbocycles. The van der Waals surface area contributed by atoms with Crippen molar-refractivity contribution >= 4 is 21.7 Å². The molecule has 0 aromatic carbocycles. The lowest BCUT2D eigenvalue weighted by atomic mass is 10.2. The summed E-state index contributed by atoms with van der Waals surface area (Å²) in [7, 11) is -3.02. The van der Waals surface area contributed by atoms with Crippen LogP contribution in [0.5, 0.6) is 0 Å². The molecule has 1 atom stereocenters. The minimum absolute atomic E-state index is 0.00489. The molecule has 0 bridgehead atoms. The van der Waals surface area contributed by atoms with Crippen LogP contribution in [0.25, 0.3) is 0 Å². The second-order valence-electron chi connectivity index (χ2n) is 5.93. The van der Waals surface area contributed by atoms with Crippen LogP contribution < -0.4 is 10.6 Å². The minimum atomic E-state index is -3.02. The molecular formula is C15H24N4O3S. The van der Waals surface area contributed by atoms with Gasteiger partial charge in [-0.1, -0.05) is 19.8 Å². The molecule has 128 valence electrons. The Kier molecular flexibility index (Phi) is 5.92. The number of hydrogen-bond acceptors (Lipinski definition) is 6. The van der Waals surface area contributed by atoms with E-state index in [9.17, 15) is 13.2 Å².